The maximum atomic E-state index is 13.5. The average molecular weight is 445 g/mol. The Morgan fingerprint density at radius 2 is 1.87 bits per heavy atom. The molecule has 166 valence electrons. The van der Waals surface area contributed by atoms with Crippen LogP contribution in [0.25, 0.3) is 22.5 Å². The predicted molar refractivity (Wildman–Crippen MR) is 123 cm³/mol. The number of ether oxygens (including phenoxy) is 1. The highest BCUT2D eigenvalue weighted by Gasteiger charge is 2.22. The molecule has 2 atom stereocenters. The van der Waals surface area contributed by atoms with Gasteiger partial charge in [-0.2, -0.15) is 0 Å². The van der Waals surface area contributed by atoms with Crippen LogP contribution < -0.4 is 5.32 Å². The summed E-state index contributed by atoms with van der Waals surface area (Å²) < 4.78 is 33.2. The van der Waals surface area contributed by atoms with E-state index in [0.29, 0.717) is 29.9 Å². The Bertz CT molecular complexity index is 1050. The second-order valence-electron chi connectivity index (χ2n) is 7.80. The lowest BCUT2D eigenvalue weighted by atomic mass is 10.0. The topological polar surface area (TPSA) is 69.0 Å². The number of aromatic nitrogens is 3. The predicted octanol–water partition coefficient (Wildman–Crippen LogP) is 4.59. The molecule has 0 aliphatic carbocycles. The molecule has 0 aliphatic rings. The Kier molecular flexibility index (Phi) is 7.56. The Morgan fingerprint density at radius 1 is 1.16 bits per heavy atom. The molecule has 8 heteroatoms. The number of anilines is 1. The quantitative estimate of drug-likeness (QED) is 0.523. The van der Waals surface area contributed by atoms with Crippen molar-refractivity contribution in [2.24, 2.45) is 5.92 Å². The van der Waals surface area contributed by atoms with E-state index in [9.17, 15) is 8.60 Å². The third-order valence-corrected chi connectivity index (χ3v) is 6.06. The Balaban J connectivity index is 2.19. The fourth-order valence-electron chi connectivity index (χ4n) is 3.20. The molecule has 3 aromatic rings. The molecule has 0 fully saturated rings. The first-order valence-electron chi connectivity index (χ1n) is 10.2. The molecule has 2 unspecified atom stereocenters. The van der Waals surface area contributed by atoms with Gasteiger partial charge >= 0.3 is 0 Å². The molecule has 0 bridgehead atoms. The van der Waals surface area contributed by atoms with Crippen LogP contribution in [-0.4, -0.2) is 44.8 Å². The number of hydrogen-bond acceptors (Lipinski definition) is 5. The van der Waals surface area contributed by atoms with Crippen molar-refractivity contribution in [1.82, 2.24) is 14.5 Å². The van der Waals surface area contributed by atoms with Crippen LogP contribution in [0.1, 0.15) is 20.8 Å². The minimum Gasteiger partial charge on any atom is -0.383 e. The van der Waals surface area contributed by atoms with Gasteiger partial charge in [-0.15, -0.1) is 0 Å². The van der Waals surface area contributed by atoms with Crippen LogP contribution in [0.3, 0.4) is 0 Å². The summed E-state index contributed by atoms with van der Waals surface area (Å²) in [5.41, 5.74) is 3.08. The zero-order chi connectivity index (χ0) is 22.5. The van der Waals surface area contributed by atoms with Crippen molar-refractivity contribution < 1.29 is 13.3 Å². The third kappa shape index (κ3) is 5.37. The molecule has 2 aromatic heterocycles. The van der Waals surface area contributed by atoms with Crippen LogP contribution in [0.5, 0.6) is 0 Å². The minimum absolute atomic E-state index is 0.247. The number of nitrogens with zero attached hydrogens (tertiary/aromatic N) is 3. The van der Waals surface area contributed by atoms with Crippen LogP contribution in [0.4, 0.5) is 10.2 Å². The Morgan fingerprint density at radius 3 is 2.48 bits per heavy atom. The van der Waals surface area contributed by atoms with Crippen molar-refractivity contribution >= 4 is 16.6 Å². The van der Waals surface area contributed by atoms with E-state index < -0.39 is 10.8 Å². The van der Waals surface area contributed by atoms with Crippen LogP contribution in [0, 0.1) is 11.7 Å². The zero-order valence-electron chi connectivity index (χ0n) is 18.6. The van der Waals surface area contributed by atoms with Gasteiger partial charge in [0, 0.05) is 43.3 Å². The van der Waals surface area contributed by atoms with E-state index in [1.807, 2.05) is 16.7 Å². The first-order chi connectivity index (χ1) is 14.8. The van der Waals surface area contributed by atoms with E-state index in [1.54, 1.807) is 31.7 Å². The second kappa shape index (κ2) is 10.2. The standard InChI is InChI=1S/C23H29FN4O2S/c1-15(2)16(3)26-20-14-18(10-11-25-20)22-21(17-6-8-19(24)9-7-17)27-23(31(5)29)28(22)12-13-30-4/h6-11,14-16H,12-13H2,1-5H3,(H,25,26). The van der Waals surface area contributed by atoms with Crippen molar-refractivity contribution in [2.45, 2.75) is 38.5 Å². The van der Waals surface area contributed by atoms with E-state index in [0.717, 1.165) is 22.6 Å². The molecule has 0 aliphatic heterocycles. The number of hydrogen-bond donors (Lipinski definition) is 1. The Labute approximate surface area is 185 Å². The molecule has 3 rings (SSSR count). The molecule has 31 heavy (non-hydrogen) atoms. The average Bonchev–Trinajstić information content (AvgIpc) is 3.12. The number of methoxy groups -OCH3 is 1. The van der Waals surface area contributed by atoms with Gasteiger partial charge in [0.1, 0.15) is 11.6 Å². The SMILES string of the molecule is COCCn1c(S(C)=O)nc(-c2ccc(F)cc2)c1-c1ccnc(NC(C)C(C)C)c1. The first-order valence-corrected chi connectivity index (χ1v) is 11.8. The summed E-state index contributed by atoms with van der Waals surface area (Å²) >= 11 is 0. The van der Waals surface area contributed by atoms with Gasteiger partial charge in [0.25, 0.3) is 0 Å². The minimum atomic E-state index is -1.32. The van der Waals surface area contributed by atoms with Gasteiger partial charge in [0.15, 0.2) is 5.16 Å². The molecule has 0 radical (unpaired) electrons. The first kappa shape index (κ1) is 23.1. The van der Waals surface area contributed by atoms with Gasteiger partial charge in [-0.3, -0.25) is 4.21 Å². The van der Waals surface area contributed by atoms with Gasteiger partial charge < -0.3 is 14.6 Å². The third-order valence-electron chi connectivity index (χ3n) is 5.24. The highest BCUT2D eigenvalue weighted by atomic mass is 32.2. The van der Waals surface area contributed by atoms with Gasteiger partial charge in [0.2, 0.25) is 0 Å². The molecule has 1 aromatic carbocycles. The van der Waals surface area contributed by atoms with Gasteiger partial charge in [-0.25, -0.2) is 14.4 Å². The van der Waals surface area contributed by atoms with Crippen LogP contribution in [0.15, 0.2) is 47.8 Å². The van der Waals surface area contributed by atoms with Gasteiger partial charge in [-0.1, -0.05) is 13.8 Å². The van der Waals surface area contributed by atoms with Crippen molar-refractivity contribution in [3.8, 4) is 22.5 Å². The number of pyridine rings is 1. The molecular weight excluding hydrogens is 415 g/mol. The molecule has 1 N–H and O–H groups in total. The number of imidazole rings is 1. The summed E-state index contributed by atoms with van der Waals surface area (Å²) in [5.74, 6) is 0.880. The lowest BCUT2D eigenvalue weighted by molar-refractivity contribution is 0.185. The van der Waals surface area contributed by atoms with Gasteiger partial charge in [0.05, 0.1) is 28.8 Å². The van der Waals surface area contributed by atoms with Crippen molar-refractivity contribution in [3.63, 3.8) is 0 Å². The largest absolute Gasteiger partial charge is 0.383 e. The van der Waals surface area contributed by atoms with Crippen molar-refractivity contribution in [1.29, 1.82) is 0 Å². The monoisotopic (exact) mass is 444 g/mol. The number of nitrogens with one attached hydrogen (secondary N) is 1. The summed E-state index contributed by atoms with van der Waals surface area (Å²) in [7, 11) is 0.312. The van der Waals surface area contributed by atoms with E-state index in [1.165, 1.54) is 12.1 Å². The molecule has 0 spiro atoms. The van der Waals surface area contributed by atoms with E-state index in [-0.39, 0.29) is 11.9 Å². The molecule has 2 heterocycles. The summed E-state index contributed by atoms with van der Waals surface area (Å²) in [6.45, 7) is 7.34. The highest BCUT2D eigenvalue weighted by molar-refractivity contribution is 7.84. The number of halogens is 1. The fourth-order valence-corrected chi connectivity index (χ4v) is 3.91. The zero-order valence-corrected chi connectivity index (χ0v) is 19.4. The molecule has 0 saturated heterocycles. The molecule has 0 saturated carbocycles. The lowest BCUT2D eigenvalue weighted by Crippen LogP contribution is -2.22. The molecule has 0 amide bonds. The van der Waals surface area contributed by atoms with Crippen LogP contribution in [-0.2, 0) is 22.1 Å². The molecule has 6 nitrogen and oxygen atoms in total. The number of rotatable bonds is 9. The van der Waals surface area contributed by atoms with E-state index >= 15 is 0 Å². The molecular formula is C23H29FN4O2S. The summed E-state index contributed by atoms with van der Waals surface area (Å²) in [5, 5.41) is 3.89. The lowest BCUT2D eigenvalue weighted by Gasteiger charge is -2.19. The van der Waals surface area contributed by atoms with Crippen LogP contribution >= 0.6 is 0 Å². The highest BCUT2D eigenvalue weighted by Crippen LogP contribution is 2.34. The summed E-state index contributed by atoms with van der Waals surface area (Å²) in [4.78, 5) is 9.16. The Hall–Kier alpha value is -2.58. The van der Waals surface area contributed by atoms with Gasteiger partial charge in [-0.05, 0) is 49.2 Å². The number of benzene rings is 1. The second-order valence-corrected chi connectivity index (χ2v) is 9.08. The summed E-state index contributed by atoms with van der Waals surface area (Å²) in [6.07, 6.45) is 3.35. The normalized spacial score (nSPS) is 13.4. The van der Waals surface area contributed by atoms with E-state index in [4.69, 9.17) is 9.72 Å². The smallest absolute Gasteiger partial charge is 0.199 e. The summed E-state index contributed by atoms with van der Waals surface area (Å²) in [6, 6.07) is 10.3. The fraction of sp³-hybridized carbons (Fsp3) is 0.391. The maximum absolute atomic E-state index is 13.5. The van der Waals surface area contributed by atoms with Crippen molar-refractivity contribution in [3.05, 3.63) is 48.4 Å². The van der Waals surface area contributed by atoms with E-state index in [2.05, 4.69) is 31.1 Å². The maximum Gasteiger partial charge on any atom is 0.199 e. The van der Waals surface area contributed by atoms with Crippen LogP contribution in [0.2, 0.25) is 0 Å². The van der Waals surface area contributed by atoms with Crippen molar-refractivity contribution in [2.75, 3.05) is 25.3 Å².